The Kier molecular flexibility index (Phi) is 5.08. The van der Waals surface area contributed by atoms with Crippen LogP contribution < -0.4 is 5.32 Å². The first-order chi connectivity index (χ1) is 13.9. The molecule has 0 aliphatic carbocycles. The maximum atomic E-state index is 12.6. The first-order valence-corrected chi connectivity index (χ1v) is 11.4. The van der Waals surface area contributed by atoms with E-state index >= 15 is 0 Å². The van der Waals surface area contributed by atoms with Gasteiger partial charge in [-0.25, -0.2) is 13.4 Å². The predicted octanol–water partition coefficient (Wildman–Crippen LogP) is 4.46. The van der Waals surface area contributed by atoms with E-state index in [9.17, 15) is 13.2 Å². The number of hydrogen-bond donors (Lipinski definition) is 1. The second kappa shape index (κ2) is 7.69. The van der Waals surface area contributed by atoms with Crippen molar-refractivity contribution >= 4 is 32.2 Å². The minimum Gasteiger partial charge on any atom is -0.463 e. The van der Waals surface area contributed by atoms with E-state index in [1.54, 1.807) is 55.0 Å². The molecule has 0 saturated carbocycles. The number of aromatic nitrogens is 1. The summed E-state index contributed by atoms with van der Waals surface area (Å²) in [6, 6.07) is 13.6. The molecule has 4 aromatic rings. The molecular formula is C20H16N2O5S2. The Morgan fingerprint density at radius 3 is 2.28 bits per heavy atom. The minimum absolute atomic E-state index is 0.0691. The number of nitrogens with zero attached hydrogens (tertiary/aromatic N) is 1. The Bertz CT molecular complexity index is 1170. The number of anilines is 1. The van der Waals surface area contributed by atoms with Crippen molar-refractivity contribution in [1.29, 1.82) is 0 Å². The van der Waals surface area contributed by atoms with Crippen molar-refractivity contribution in [3.8, 4) is 22.1 Å². The van der Waals surface area contributed by atoms with Gasteiger partial charge in [-0.05, 0) is 42.0 Å². The molecule has 148 valence electrons. The van der Waals surface area contributed by atoms with Crippen LogP contribution in [0.5, 0.6) is 0 Å². The Morgan fingerprint density at radius 2 is 1.69 bits per heavy atom. The average Bonchev–Trinajstić information content (AvgIpc) is 3.41. The molecule has 0 atom stereocenters. The minimum atomic E-state index is -3.13. The van der Waals surface area contributed by atoms with Crippen LogP contribution in [0.3, 0.4) is 0 Å². The Hall–Kier alpha value is -3.17. The van der Waals surface area contributed by atoms with Crippen LogP contribution in [0.15, 0.2) is 69.9 Å². The molecule has 0 fully saturated rings. The van der Waals surface area contributed by atoms with E-state index in [0.717, 1.165) is 4.88 Å². The third-order valence-electron chi connectivity index (χ3n) is 3.99. The molecule has 0 unspecified atom stereocenters. The number of rotatable bonds is 6. The van der Waals surface area contributed by atoms with Gasteiger partial charge >= 0.3 is 0 Å². The number of carbonyl (C=O) groups is 1. The van der Waals surface area contributed by atoms with Crippen LogP contribution in [0.25, 0.3) is 22.1 Å². The number of thiazole rings is 1. The largest absolute Gasteiger partial charge is 0.463 e. The van der Waals surface area contributed by atoms with Crippen molar-refractivity contribution in [2.45, 2.75) is 5.75 Å². The fraction of sp³-hybridized carbons (Fsp3) is 0.100. The van der Waals surface area contributed by atoms with E-state index in [4.69, 9.17) is 8.83 Å². The highest BCUT2D eigenvalue weighted by atomic mass is 32.2. The molecule has 0 aliphatic heterocycles. The van der Waals surface area contributed by atoms with Gasteiger partial charge in [-0.15, -0.1) is 0 Å². The van der Waals surface area contributed by atoms with E-state index < -0.39 is 9.84 Å². The normalized spacial score (nSPS) is 11.5. The van der Waals surface area contributed by atoms with Crippen LogP contribution in [0, 0.1) is 0 Å². The molecule has 0 bridgehead atoms. The molecule has 3 aromatic heterocycles. The number of benzene rings is 1. The number of furan rings is 2. The summed E-state index contributed by atoms with van der Waals surface area (Å²) in [5.41, 5.74) is 1.60. The molecule has 0 radical (unpaired) electrons. The zero-order chi connectivity index (χ0) is 20.4. The van der Waals surface area contributed by atoms with Crippen LogP contribution in [-0.4, -0.2) is 25.6 Å². The van der Waals surface area contributed by atoms with Gasteiger partial charge in [-0.3, -0.25) is 10.1 Å². The highest BCUT2D eigenvalue weighted by Gasteiger charge is 2.20. The molecule has 7 nitrogen and oxygen atoms in total. The average molecular weight is 428 g/mol. The predicted molar refractivity (Wildman–Crippen MR) is 110 cm³/mol. The number of sulfone groups is 1. The molecule has 4 rings (SSSR count). The summed E-state index contributed by atoms with van der Waals surface area (Å²) in [6.45, 7) is 0. The summed E-state index contributed by atoms with van der Waals surface area (Å²) < 4.78 is 33.7. The SMILES string of the molecule is CS(=O)(=O)Cc1ccc(C(=O)Nc2nc(-c3ccco3)c(-c3ccco3)s2)cc1. The van der Waals surface area contributed by atoms with Crippen molar-refractivity contribution in [3.05, 3.63) is 72.2 Å². The Labute approximate surface area is 170 Å². The van der Waals surface area contributed by atoms with Crippen molar-refractivity contribution in [3.63, 3.8) is 0 Å². The lowest BCUT2D eigenvalue weighted by Gasteiger charge is -2.03. The lowest BCUT2D eigenvalue weighted by molar-refractivity contribution is 0.102. The highest BCUT2D eigenvalue weighted by molar-refractivity contribution is 7.89. The van der Waals surface area contributed by atoms with Gasteiger partial charge < -0.3 is 8.83 Å². The zero-order valence-electron chi connectivity index (χ0n) is 15.3. The standard InChI is InChI=1S/C20H16N2O5S2/c1-29(24,25)12-13-6-8-14(9-7-13)19(23)22-20-21-17(15-4-2-10-26-15)18(28-20)16-5-3-11-27-16/h2-11H,12H2,1H3,(H,21,22,23). The molecule has 1 aromatic carbocycles. The third kappa shape index (κ3) is 4.47. The van der Waals surface area contributed by atoms with E-state index in [1.165, 1.54) is 17.6 Å². The number of hydrogen-bond acceptors (Lipinski definition) is 7. The van der Waals surface area contributed by atoms with Crippen LogP contribution >= 0.6 is 11.3 Å². The summed E-state index contributed by atoms with van der Waals surface area (Å²) in [5.74, 6) is 0.778. The molecule has 3 heterocycles. The van der Waals surface area contributed by atoms with Crippen molar-refractivity contribution < 1.29 is 22.0 Å². The van der Waals surface area contributed by atoms with Gasteiger partial charge in [0, 0.05) is 11.8 Å². The first-order valence-electron chi connectivity index (χ1n) is 8.56. The number of amides is 1. The van der Waals surface area contributed by atoms with E-state index in [0.29, 0.717) is 33.5 Å². The van der Waals surface area contributed by atoms with Gasteiger partial charge in [0.2, 0.25) is 0 Å². The summed E-state index contributed by atoms with van der Waals surface area (Å²) >= 11 is 1.27. The van der Waals surface area contributed by atoms with Gasteiger partial charge in [0.15, 0.2) is 20.7 Å². The second-order valence-corrected chi connectivity index (χ2v) is 9.51. The van der Waals surface area contributed by atoms with E-state index in [-0.39, 0.29) is 11.7 Å². The molecule has 0 saturated heterocycles. The van der Waals surface area contributed by atoms with Gasteiger partial charge in [0.1, 0.15) is 16.3 Å². The number of carbonyl (C=O) groups excluding carboxylic acids is 1. The van der Waals surface area contributed by atoms with Crippen LogP contribution in [0.4, 0.5) is 5.13 Å². The monoisotopic (exact) mass is 428 g/mol. The topological polar surface area (TPSA) is 102 Å². The quantitative estimate of drug-likeness (QED) is 0.486. The first kappa shape index (κ1) is 19.2. The summed E-state index contributed by atoms with van der Waals surface area (Å²) in [4.78, 5) is 17.8. The van der Waals surface area contributed by atoms with Gasteiger partial charge in [0.05, 0.1) is 18.3 Å². The number of nitrogens with one attached hydrogen (secondary N) is 1. The summed E-state index contributed by atoms with van der Waals surface area (Å²) in [6.07, 6.45) is 4.29. The van der Waals surface area contributed by atoms with Gasteiger partial charge in [0.25, 0.3) is 5.91 Å². The molecule has 0 aliphatic rings. The fourth-order valence-corrected chi connectivity index (χ4v) is 4.48. The van der Waals surface area contributed by atoms with E-state index in [1.807, 2.05) is 6.07 Å². The van der Waals surface area contributed by atoms with Crippen LogP contribution in [-0.2, 0) is 15.6 Å². The maximum absolute atomic E-state index is 12.6. The lowest BCUT2D eigenvalue weighted by atomic mass is 10.1. The Morgan fingerprint density at radius 1 is 1.03 bits per heavy atom. The zero-order valence-corrected chi connectivity index (χ0v) is 16.9. The molecule has 1 amide bonds. The third-order valence-corrected chi connectivity index (χ3v) is 5.84. The maximum Gasteiger partial charge on any atom is 0.257 e. The van der Waals surface area contributed by atoms with Gasteiger partial charge in [-0.1, -0.05) is 23.5 Å². The highest BCUT2D eigenvalue weighted by Crippen LogP contribution is 2.39. The molecule has 29 heavy (non-hydrogen) atoms. The molecule has 1 N–H and O–H groups in total. The smallest absolute Gasteiger partial charge is 0.257 e. The fourth-order valence-electron chi connectivity index (χ4n) is 2.75. The van der Waals surface area contributed by atoms with E-state index in [2.05, 4.69) is 10.3 Å². The molecule has 0 spiro atoms. The summed E-state index contributed by atoms with van der Waals surface area (Å²) in [7, 11) is -3.13. The lowest BCUT2D eigenvalue weighted by Crippen LogP contribution is -2.11. The van der Waals surface area contributed by atoms with Crippen molar-refractivity contribution in [2.75, 3.05) is 11.6 Å². The van der Waals surface area contributed by atoms with Gasteiger partial charge in [-0.2, -0.15) is 0 Å². The summed E-state index contributed by atoms with van der Waals surface area (Å²) in [5, 5.41) is 3.17. The van der Waals surface area contributed by atoms with Crippen LogP contribution in [0.1, 0.15) is 15.9 Å². The molecular weight excluding hydrogens is 412 g/mol. The van der Waals surface area contributed by atoms with Crippen LogP contribution in [0.2, 0.25) is 0 Å². The Balaban J connectivity index is 1.58. The molecule has 9 heteroatoms. The van der Waals surface area contributed by atoms with Crippen molar-refractivity contribution in [1.82, 2.24) is 4.98 Å². The van der Waals surface area contributed by atoms with Crippen molar-refractivity contribution in [2.24, 2.45) is 0 Å². The second-order valence-electron chi connectivity index (χ2n) is 6.37.